The van der Waals surface area contributed by atoms with Crippen LogP contribution in [0, 0.1) is 10.1 Å². The van der Waals surface area contributed by atoms with Crippen molar-refractivity contribution in [3.63, 3.8) is 0 Å². The standard InChI is InChI=1S/C11H12BrNO4/c1-11(2)6-16-10-8(13(14)15)3-7(5-12)4-9(10)17-11/h3-4H,5-6H2,1-2H3. The Balaban J connectivity index is 2.54. The highest BCUT2D eigenvalue weighted by Crippen LogP contribution is 2.43. The molecule has 0 amide bonds. The van der Waals surface area contributed by atoms with Gasteiger partial charge >= 0.3 is 5.69 Å². The summed E-state index contributed by atoms with van der Waals surface area (Å²) in [6.45, 7) is 4.06. The second-order valence-corrected chi connectivity index (χ2v) is 5.04. The van der Waals surface area contributed by atoms with Gasteiger partial charge in [0.25, 0.3) is 0 Å². The van der Waals surface area contributed by atoms with Crippen LogP contribution in [0.3, 0.4) is 0 Å². The molecule has 1 aromatic carbocycles. The predicted molar refractivity (Wildman–Crippen MR) is 65.9 cm³/mol. The molecule has 5 nitrogen and oxygen atoms in total. The first-order valence-electron chi connectivity index (χ1n) is 5.12. The topological polar surface area (TPSA) is 61.6 Å². The summed E-state index contributed by atoms with van der Waals surface area (Å²) in [5.41, 5.74) is 0.274. The molecule has 0 bridgehead atoms. The van der Waals surface area contributed by atoms with E-state index in [1.165, 1.54) is 6.07 Å². The van der Waals surface area contributed by atoms with Gasteiger partial charge in [-0.05, 0) is 25.5 Å². The summed E-state index contributed by atoms with van der Waals surface area (Å²) in [6, 6.07) is 3.26. The number of ether oxygens (including phenoxy) is 2. The van der Waals surface area contributed by atoms with Crippen molar-refractivity contribution in [2.75, 3.05) is 6.61 Å². The number of nitro benzene ring substituents is 1. The number of fused-ring (bicyclic) bond motifs is 1. The molecule has 1 heterocycles. The van der Waals surface area contributed by atoms with Crippen molar-refractivity contribution in [3.8, 4) is 11.5 Å². The quantitative estimate of drug-likeness (QED) is 0.478. The Morgan fingerprint density at radius 1 is 1.53 bits per heavy atom. The van der Waals surface area contributed by atoms with E-state index in [0.717, 1.165) is 5.56 Å². The Morgan fingerprint density at radius 3 is 2.82 bits per heavy atom. The lowest BCUT2D eigenvalue weighted by atomic mass is 10.1. The van der Waals surface area contributed by atoms with Crippen LogP contribution in [0.1, 0.15) is 19.4 Å². The van der Waals surface area contributed by atoms with Crippen LogP contribution in [0.5, 0.6) is 11.5 Å². The maximum Gasteiger partial charge on any atom is 0.315 e. The molecule has 0 unspecified atom stereocenters. The zero-order valence-electron chi connectivity index (χ0n) is 9.53. The zero-order valence-corrected chi connectivity index (χ0v) is 11.1. The van der Waals surface area contributed by atoms with Crippen LogP contribution in [-0.2, 0) is 5.33 Å². The average molecular weight is 302 g/mol. The molecule has 0 fully saturated rings. The fraction of sp³-hybridized carbons (Fsp3) is 0.455. The average Bonchev–Trinajstić information content (AvgIpc) is 2.25. The predicted octanol–water partition coefficient (Wildman–Crippen LogP) is 3.04. The lowest BCUT2D eigenvalue weighted by molar-refractivity contribution is -0.386. The van der Waals surface area contributed by atoms with E-state index in [1.807, 2.05) is 13.8 Å². The fourth-order valence-corrected chi connectivity index (χ4v) is 1.97. The van der Waals surface area contributed by atoms with E-state index in [0.29, 0.717) is 17.7 Å². The Labute approximate surface area is 107 Å². The van der Waals surface area contributed by atoms with Crippen molar-refractivity contribution in [2.24, 2.45) is 0 Å². The van der Waals surface area contributed by atoms with Crippen LogP contribution < -0.4 is 9.47 Å². The van der Waals surface area contributed by atoms with Gasteiger partial charge in [-0.3, -0.25) is 10.1 Å². The summed E-state index contributed by atoms with van der Waals surface area (Å²) < 4.78 is 11.2. The number of nitro groups is 1. The molecular weight excluding hydrogens is 290 g/mol. The molecule has 92 valence electrons. The van der Waals surface area contributed by atoms with Crippen LogP contribution in [0.4, 0.5) is 5.69 Å². The van der Waals surface area contributed by atoms with Gasteiger partial charge in [-0.2, -0.15) is 0 Å². The molecule has 1 aliphatic heterocycles. The maximum absolute atomic E-state index is 11.0. The maximum atomic E-state index is 11.0. The number of rotatable bonds is 2. The first-order chi connectivity index (χ1) is 7.93. The summed E-state index contributed by atoms with van der Waals surface area (Å²) in [6.07, 6.45) is 0. The number of benzene rings is 1. The van der Waals surface area contributed by atoms with Gasteiger partial charge < -0.3 is 9.47 Å². The van der Waals surface area contributed by atoms with Gasteiger partial charge in [0.05, 0.1) is 4.92 Å². The van der Waals surface area contributed by atoms with Gasteiger partial charge in [-0.25, -0.2) is 0 Å². The van der Waals surface area contributed by atoms with Crippen molar-refractivity contribution in [1.82, 2.24) is 0 Å². The normalized spacial score (nSPS) is 16.6. The third-order valence-corrected chi connectivity index (χ3v) is 3.04. The Bertz CT molecular complexity index is 473. The van der Waals surface area contributed by atoms with Crippen LogP contribution in [0.25, 0.3) is 0 Å². The van der Waals surface area contributed by atoms with Gasteiger partial charge in [-0.15, -0.1) is 0 Å². The van der Waals surface area contributed by atoms with Crippen LogP contribution >= 0.6 is 15.9 Å². The zero-order chi connectivity index (χ0) is 12.6. The lowest BCUT2D eigenvalue weighted by Crippen LogP contribution is -2.38. The minimum atomic E-state index is -0.466. The van der Waals surface area contributed by atoms with E-state index in [-0.39, 0.29) is 11.4 Å². The summed E-state index contributed by atoms with van der Waals surface area (Å²) in [4.78, 5) is 10.5. The molecule has 0 saturated heterocycles. The van der Waals surface area contributed by atoms with Crippen molar-refractivity contribution in [1.29, 1.82) is 0 Å². The van der Waals surface area contributed by atoms with Gasteiger partial charge in [0.2, 0.25) is 5.75 Å². The molecule has 0 radical (unpaired) electrons. The summed E-state index contributed by atoms with van der Waals surface area (Å²) in [5, 5.41) is 11.5. The Kier molecular flexibility index (Phi) is 2.99. The molecule has 0 spiro atoms. The first-order valence-corrected chi connectivity index (χ1v) is 6.24. The highest BCUT2D eigenvalue weighted by Gasteiger charge is 2.33. The second kappa shape index (κ2) is 4.18. The highest BCUT2D eigenvalue weighted by molar-refractivity contribution is 9.08. The Hall–Kier alpha value is -1.30. The minimum Gasteiger partial charge on any atom is -0.480 e. The van der Waals surface area contributed by atoms with E-state index in [2.05, 4.69) is 15.9 Å². The van der Waals surface area contributed by atoms with Crippen molar-refractivity contribution in [2.45, 2.75) is 24.8 Å². The van der Waals surface area contributed by atoms with Crippen molar-refractivity contribution >= 4 is 21.6 Å². The fourth-order valence-electron chi connectivity index (χ4n) is 1.65. The number of halogens is 1. The summed E-state index contributed by atoms with van der Waals surface area (Å²) in [5.74, 6) is 0.656. The van der Waals surface area contributed by atoms with Crippen LogP contribution in [0.2, 0.25) is 0 Å². The van der Waals surface area contributed by atoms with E-state index in [4.69, 9.17) is 9.47 Å². The van der Waals surface area contributed by atoms with Gasteiger partial charge in [0.15, 0.2) is 5.75 Å². The summed E-state index contributed by atoms with van der Waals surface area (Å²) >= 11 is 3.28. The summed E-state index contributed by atoms with van der Waals surface area (Å²) in [7, 11) is 0. The molecule has 0 aliphatic carbocycles. The molecule has 0 N–H and O–H groups in total. The van der Waals surface area contributed by atoms with Gasteiger partial charge in [0.1, 0.15) is 12.2 Å². The lowest BCUT2D eigenvalue weighted by Gasteiger charge is -2.32. The number of nitrogens with zero attached hydrogens (tertiary/aromatic N) is 1. The molecule has 0 atom stereocenters. The Morgan fingerprint density at radius 2 is 2.24 bits per heavy atom. The monoisotopic (exact) mass is 301 g/mol. The van der Waals surface area contributed by atoms with Gasteiger partial charge in [0, 0.05) is 11.4 Å². The number of hydrogen-bond donors (Lipinski definition) is 0. The molecule has 0 aromatic heterocycles. The van der Waals surface area contributed by atoms with E-state index in [1.54, 1.807) is 6.07 Å². The number of hydrogen-bond acceptors (Lipinski definition) is 4. The van der Waals surface area contributed by atoms with Crippen LogP contribution in [0.15, 0.2) is 12.1 Å². The van der Waals surface area contributed by atoms with E-state index >= 15 is 0 Å². The van der Waals surface area contributed by atoms with Gasteiger partial charge in [-0.1, -0.05) is 15.9 Å². The molecule has 17 heavy (non-hydrogen) atoms. The molecule has 2 rings (SSSR count). The van der Waals surface area contributed by atoms with Crippen molar-refractivity contribution < 1.29 is 14.4 Å². The minimum absolute atomic E-state index is 0.0487. The SMILES string of the molecule is CC1(C)COc2c(cc(CBr)cc2[N+](=O)[O-])O1. The molecule has 1 aromatic rings. The van der Waals surface area contributed by atoms with Crippen LogP contribution in [-0.4, -0.2) is 17.1 Å². The number of alkyl halides is 1. The second-order valence-electron chi connectivity index (χ2n) is 4.48. The third kappa shape index (κ3) is 2.36. The van der Waals surface area contributed by atoms with E-state index < -0.39 is 10.5 Å². The molecule has 1 aliphatic rings. The largest absolute Gasteiger partial charge is 0.480 e. The third-order valence-electron chi connectivity index (χ3n) is 2.40. The highest BCUT2D eigenvalue weighted by atomic mass is 79.9. The first kappa shape index (κ1) is 12.2. The van der Waals surface area contributed by atoms with Crippen molar-refractivity contribution in [3.05, 3.63) is 27.8 Å². The smallest absolute Gasteiger partial charge is 0.315 e. The molecule has 0 saturated carbocycles. The van der Waals surface area contributed by atoms with E-state index in [9.17, 15) is 10.1 Å². The molecule has 6 heteroatoms. The molecular formula is C11H12BrNO4.